The summed E-state index contributed by atoms with van der Waals surface area (Å²) in [4.78, 5) is 0. The van der Waals surface area contributed by atoms with Crippen LogP contribution in [-0.2, 0) is 6.42 Å². The highest BCUT2D eigenvalue weighted by atomic mass is 79.9. The second-order valence-electron chi connectivity index (χ2n) is 3.61. The molecule has 0 radical (unpaired) electrons. The first kappa shape index (κ1) is 12.3. The maximum absolute atomic E-state index is 9.74. The van der Waals surface area contributed by atoms with Crippen molar-refractivity contribution in [3.05, 3.63) is 22.2 Å². The predicted octanol–water partition coefficient (Wildman–Crippen LogP) is 2.44. The van der Waals surface area contributed by atoms with E-state index < -0.39 is 0 Å². The molecule has 3 nitrogen and oxygen atoms in total. The molecule has 0 aliphatic heterocycles. The van der Waals surface area contributed by atoms with Crippen molar-refractivity contribution < 1.29 is 9.84 Å². The summed E-state index contributed by atoms with van der Waals surface area (Å²) in [5.41, 5.74) is 6.73. The molecule has 0 amide bonds. The molecule has 0 saturated heterocycles. The number of phenols is 1. The summed E-state index contributed by atoms with van der Waals surface area (Å²) in [7, 11) is 1.53. The van der Waals surface area contributed by atoms with Crippen LogP contribution in [0.25, 0.3) is 0 Å². The van der Waals surface area contributed by atoms with E-state index in [1.807, 2.05) is 13.0 Å². The third-order valence-corrected chi connectivity index (χ3v) is 3.13. The molecule has 3 N–H and O–H groups in total. The Morgan fingerprint density at radius 3 is 2.73 bits per heavy atom. The van der Waals surface area contributed by atoms with Gasteiger partial charge in [0.15, 0.2) is 11.5 Å². The molecule has 15 heavy (non-hydrogen) atoms. The van der Waals surface area contributed by atoms with E-state index >= 15 is 0 Å². The van der Waals surface area contributed by atoms with Gasteiger partial charge >= 0.3 is 0 Å². The molecule has 0 spiro atoms. The van der Waals surface area contributed by atoms with Crippen molar-refractivity contribution in [2.45, 2.75) is 25.8 Å². The predicted molar refractivity (Wildman–Crippen MR) is 64.3 cm³/mol. The van der Waals surface area contributed by atoms with Crippen molar-refractivity contribution in [2.24, 2.45) is 5.73 Å². The Labute approximate surface area is 98.4 Å². The van der Waals surface area contributed by atoms with Gasteiger partial charge in [0.2, 0.25) is 0 Å². The Kier molecular flexibility index (Phi) is 4.42. The molecule has 4 heteroatoms. The lowest BCUT2D eigenvalue weighted by molar-refractivity contribution is 0.371. The van der Waals surface area contributed by atoms with Gasteiger partial charge in [-0.15, -0.1) is 0 Å². The molecule has 1 atom stereocenters. The fraction of sp³-hybridized carbons (Fsp3) is 0.455. The fourth-order valence-corrected chi connectivity index (χ4v) is 1.86. The van der Waals surface area contributed by atoms with Gasteiger partial charge in [-0.3, -0.25) is 0 Å². The van der Waals surface area contributed by atoms with Crippen molar-refractivity contribution in [1.29, 1.82) is 0 Å². The van der Waals surface area contributed by atoms with Crippen LogP contribution >= 0.6 is 15.9 Å². The second-order valence-corrected chi connectivity index (χ2v) is 4.40. The molecule has 1 aromatic carbocycles. The summed E-state index contributed by atoms with van der Waals surface area (Å²) in [5.74, 6) is 0.631. The van der Waals surface area contributed by atoms with E-state index in [0.29, 0.717) is 10.2 Å². The summed E-state index contributed by atoms with van der Waals surface area (Å²) < 4.78 is 5.70. The van der Waals surface area contributed by atoms with Crippen molar-refractivity contribution in [3.8, 4) is 11.5 Å². The second kappa shape index (κ2) is 5.37. The van der Waals surface area contributed by atoms with Crippen molar-refractivity contribution in [2.75, 3.05) is 7.11 Å². The maximum atomic E-state index is 9.74. The normalized spacial score (nSPS) is 12.5. The summed E-state index contributed by atoms with van der Waals surface area (Å²) in [6.45, 7) is 1.97. The van der Waals surface area contributed by atoms with Crippen LogP contribution in [0.1, 0.15) is 18.9 Å². The number of benzene rings is 1. The van der Waals surface area contributed by atoms with E-state index in [4.69, 9.17) is 10.5 Å². The molecule has 84 valence electrons. The first-order chi connectivity index (χ1) is 7.06. The first-order valence-electron chi connectivity index (χ1n) is 4.86. The standard InChI is InChI=1S/C11H16BrNO2/c1-7(13)3-4-8-5-6-9(15-2)11(14)10(8)12/h5-7,14H,3-4,13H2,1-2H3/t7-/m0/s1. The number of rotatable bonds is 4. The molecule has 0 aliphatic rings. The van der Waals surface area contributed by atoms with E-state index in [1.165, 1.54) is 7.11 Å². The molecular weight excluding hydrogens is 258 g/mol. The van der Waals surface area contributed by atoms with Crippen LogP contribution < -0.4 is 10.5 Å². The maximum Gasteiger partial charge on any atom is 0.172 e. The number of aromatic hydroxyl groups is 1. The van der Waals surface area contributed by atoms with Gasteiger partial charge in [-0.1, -0.05) is 6.07 Å². The zero-order valence-electron chi connectivity index (χ0n) is 8.96. The minimum atomic E-state index is 0.152. The summed E-state index contributed by atoms with van der Waals surface area (Å²) in [6, 6.07) is 3.86. The minimum Gasteiger partial charge on any atom is -0.503 e. The number of hydrogen-bond donors (Lipinski definition) is 2. The van der Waals surface area contributed by atoms with Crippen LogP contribution in [0.5, 0.6) is 11.5 Å². The molecule has 0 unspecified atom stereocenters. The average molecular weight is 274 g/mol. The molecule has 1 rings (SSSR count). The molecule has 0 aromatic heterocycles. The monoisotopic (exact) mass is 273 g/mol. The van der Waals surface area contributed by atoms with Gasteiger partial charge in [0.1, 0.15) is 0 Å². The van der Waals surface area contributed by atoms with Gasteiger partial charge in [-0.05, 0) is 47.3 Å². The van der Waals surface area contributed by atoms with Crippen LogP contribution in [0.3, 0.4) is 0 Å². The molecule has 0 heterocycles. The fourth-order valence-electron chi connectivity index (χ4n) is 1.33. The molecular formula is C11H16BrNO2. The zero-order valence-corrected chi connectivity index (χ0v) is 10.5. The lowest BCUT2D eigenvalue weighted by Gasteiger charge is -2.10. The molecule has 0 aliphatic carbocycles. The van der Waals surface area contributed by atoms with Gasteiger partial charge in [-0.25, -0.2) is 0 Å². The van der Waals surface area contributed by atoms with Crippen molar-refractivity contribution in [3.63, 3.8) is 0 Å². The lowest BCUT2D eigenvalue weighted by atomic mass is 10.1. The highest BCUT2D eigenvalue weighted by molar-refractivity contribution is 9.10. The first-order valence-corrected chi connectivity index (χ1v) is 5.65. The van der Waals surface area contributed by atoms with E-state index in [-0.39, 0.29) is 11.8 Å². The molecule has 0 bridgehead atoms. The summed E-state index contributed by atoms with van der Waals surface area (Å²) in [5, 5.41) is 9.74. The number of nitrogens with two attached hydrogens (primary N) is 1. The van der Waals surface area contributed by atoms with Crippen LogP contribution in [0.2, 0.25) is 0 Å². The van der Waals surface area contributed by atoms with Gasteiger partial charge < -0.3 is 15.6 Å². The van der Waals surface area contributed by atoms with Gasteiger partial charge in [0.25, 0.3) is 0 Å². The van der Waals surface area contributed by atoms with Crippen molar-refractivity contribution in [1.82, 2.24) is 0 Å². The molecule has 0 fully saturated rings. The molecule has 1 aromatic rings. The van der Waals surface area contributed by atoms with E-state index in [1.54, 1.807) is 6.07 Å². The van der Waals surface area contributed by atoms with Crippen molar-refractivity contribution >= 4 is 15.9 Å². The Hall–Kier alpha value is -0.740. The lowest BCUT2D eigenvalue weighted by Crippen LogP contribution is -2.15. The Morgan fingerprint density at radius 2 is 2.20 bits per heavy atom. The quantitative estimate of drug-likeness (QED) is 0.886. The number of phenolic OH excluding ortho intramolecular Hbond substituents is 1. The third kappa shape index (κ3) is 3.11. The van der Waals surface area contributed by atoms with E-state index in [0.717, 1.165) is 18.4 Å². The van der Waals surface area contributed by atoms with Crippen LogP contribution in [-0.4, -0.2) is 18.3 Å². The minimum absolute atomic E-state index is 0.152. The van der Waals surface area contributed by atoms with Crippen LogP contribution in [0.15, 0.2) is 16.6 Å². The van der Waals surface area contributed by atoms with Gasteiger partial charge in [0, 0.05) is 6.04 Å². The van der Waals surface area contributed by atoms with Gasteiger partial charge in [0.05, 0.1) is 11.6 Å². The smallest absolute Gasteiger partial charge is 0.172 e. The highest BCUT2D eigenvalue weighted by Gasteiger charge is 2.10. The number of ether oxygens (including phenoxy) is 1. The SMILES string of the molecule is COc1ccc(CC[C@H](C)N)c(Br)c1O. The van der Waals surface area contributed by atoms with E-state index in [2.05, 4.69) is 15.9 Å². The summed E-state index contributed by atoms with van der Waals surface area (Å²) in [6.07, 6.45) is 1.74. The zero-order chi connectivity index (χ0) is 11.4. The molecule has 0 saturated carbocycles. The van der Waals surface area contributed by atoms with Crippen LogP contribution in [0, 0.1) is 0 Å². The Bertz CT molecular complexity index is 340. The third-order valence-electron chi connectivity index (χ3n) is 2.25. The topological polar surface area (TPSA) is 55.5 Å². The highest BCUT2D eigenvalue weighted by Crippen LogP contribution is 2.36. The number of hydrogen-bond acceptors (Lipinski definition) is 3. The Morgan fingerprint density at radius 1 is 1.53 bits per heavy atom. The summed E-state index contributed by atoms with van der Waals surface area (Å²) >= 11 is 3.35. The van der Waals surface area contributed by atoms with Crippen LogP contribution in [0.4, 0.5) is 0 Å². The number of halogens is 1. The van der Waals surface area contributed by atoms with E-state index in [9.17, 15) is 5.11 Å². The average Bonchev–Trinajstić information content (AvgIpc) is 2.20. The Balaban J connectivity index is 2.87. The van der Waals surface area contributed by atoms with Gasteiger partial charge in [-0.2, -0.15) is 0 Å². The number of aryl methyl sites for hydroxylation is 1. The largest absolute Gasteiger partial charge is 0.503 e. The number of methoxy groups -OCH3 is 1.